The van der Waals surface area contributed by atoms with Gasteiger partial charge in [0.2, 0.25) is 0 Å². The van der Waals surface area contributed by atoms with Crippen LogP contribution in [0.4, 0.5) is 0 Å². The molecule has 0 unspecified atom stereocenters. The molecule has 0 atom stereocenters. The van der Waals surface area contributed by atoms with Gasteiger partial charge in [-0.25, -0.2) is 0 Å². The van der Waals surface area contributed by atoms with E-state index in [0.717, 1.165) is 57.0 Å². The molecule has 0 fully saturated rings. The minimum Gasteiger partial charge on any atom is -0.508 e. The summed E-state index contributed by atoms with van der Waals surface area (Å²) in [7, 11) is 5.62. The van der Waals surface area contributed by atoms with Crippen LogP contribution in [0.3, 0.4) is 0 Å². The lowest BCUT2D eigenvalue weighted by Crippen LogP contribution is -2.41. The van der Waals surface area contributed by atoms with Gasteiger partial charge in [0.25, 0.3) is 0 Å². The number of nitrogens with one attached hydrogen (secondary N) is 2. The summed E-state index contributed by atoms with van der Waals surface area (Å²) in [6.07, 6.45) is 5.65. The number of aliphatic imine (C=N–C) groups is 1. The van der Waals surface area contributed by atoms with Crippen LogP contribution in [0.5, 0.6) is 5.75 Å². The van der Waals surface area contributed by atoms with Gasteiger partial charge in [0, 0.05) is 52.5 Å². The summed E-state index contributed by atoms with van der Waals surface area (Å²) < 4.78 is 5.08. The third-order valence-corrected chi connectivity index (χ3v) is 4.96. The molecule has 3 N–H and O–H groups in total. The molecular formula is C20H35IN4O2. The van der Waals surface area contributed by atoms with Crippen LogP contribution < -0.4 is 10.6 Å². The normalized spacial score (nSPS) is 13.9. The number of hydrogen-bond donors (Lipinski definition) is 3. The van der Waals surface area contributed by atoms with E-state index in [-0.39, 0.29) is 24.0 Å². The molecule has 1 aromatic carbocycles. The Morgan fingerprint density at radius 3 is 2.74 bits per heavy atom. The van der Waals surface area contributed by atoms with Gasteiger partial charge in [0.1, 0.15) is 5.75 Å². The highest BCUT2D eigenvalue weighted by Crippen LogP contribution is 2.30. The Morgan fingerprint density at radius 2 is 2.00 bits per heavy atom. The number of guanidine groups is 1. The van der Waals surface area contributed by atoms with Crippen molar-refractivity contribution in [3.05, 3.63) is 28.8 Å². The maximum Gasteiger partial charge on any atom is 0.191 e. The lowest BCUT2D eigenvalue weighted by atomic mass is 9.88. The number of halogens is 1. The first-order valence-corrected chi connectivity index (χ1v) is 9.60. The summed E-state index contributed by atoms with van der Waals surface area (Å²) in [4.78, 5) is 6.57. The van der Waals surface area contributed by atoms with Crippen LogP contribution in [0, 0.1) is 0 Å². The fourth-order valence-corrected chi connectivity index (χ4v) is 3.44. The second-order valence-electron chi connectivity index (χ2n) is 6.91. The van der Waals surface area contributed by atoms with Gasteiger partial charge < -0.3 is 25.4 Å². The van der Waals surface area contributed by atoms with Crippen molar-refractivity contribution >= 4 is 29.9 Å². The SMILES string of the molecule is CN=C(NCCN(C)CCCOC)NCc1c(O)ccc2c1CCCC2.I. The van der Waals surface area contributed by atoms with Crippen molar-refractivity contribution in [1.82, 2.24) is 15.5 Å². The molecule has 0 aliphatic heterocycles. The molecule has 0 heterocycles. The molecule has 0 bridgehead atoms. The van der Waals surface area contributed by atoms with Crippen molar-refractivity contribution in [3.8, 4) is 5.75 Å². The van der Waals surface area contributed by atoms with Crippen LogP contribution in [-0.4, -0.2) is 63.4 Å². The largest absolute Gasteiger partial charge is 0.508 e. The van der Waals surface area contributed by atoms with Crippen LogP contribution in [0.25, 0.3) is 0 Å². The van der Waals surface area contributed by atoms with E-state index in [1.807, 2.05) is 6.07 Å². The van der Waals surface area contributed by atoms with Crippen molar-refractivity contribution in [2.45, 2.75) is 38.6 Å². The van der Waals surface area contributed by atoms with Gasteiger partial charge >= 0.3 is 0 Å². The number of rotatable bonds is 9. The first kappa shape index (κ1) is 24.0. The zero-order valence-corrected chi connectivity index (χ0v) is 19.2. The van der Waals surface area contributed by atoms with Gasteiger partial charge in [-0.15, -0.1) is 24.0 Å². The Labute approximate surface area is 180 Å². The number of aryl methyl sites for hydroxylation is 1. The van der Waals surface area contributed by atoms with E-state index in [1.54, 1.807) is 14.2 Å². The highest BCUT2D eigenvalue weighted by atomic mass is 127. The predicted molar refractivity (Wildman–Crippen MR) is 122 cm³/mol. The van der Waals surface area contributed by atoms with Crippen LogP contribution in [0.15, 0.2) is 17.1 Å². The topological polar surface area (TPSA) is 69.1 Å². The molecule has 0 saturated heterocycles. The van der Waals surface area contributed by atoms with Gasteiger partial charge in [0.05, 0.1) is 0 Å². The summed E-state index contributed by atoms with van der Waals surface area (Å²) in [6.45, 7) is 4.17. The fraction of sp³-hybridized carbons (Fsp3) is 0.650. The molecule has 0 saturated carbocycles. The van der Waals surface area contributed by atoms with E-state index < -0.39 is 0 Å². The Kier molecular flexibility index (Phi) is 11.7. The Morgan fingerprint density at radius 1 is 1.22 bits per heavy atom. The van der Waals surface area contributed by atoms with Crippen LogP contribution >= 0.6 is 24.0 Å². The quantitative estimate of drug-likeness (QED) is 0.215. The van der Waals surface area contributed by atoms with Gasteiger partial charge in [0.15, 0.2) is 5.96 Å². The van der Waals surface area contributed by atoms with Crippen molar-refractivity contribution in [2.75, 3.05) is 47.4 Å². The fourth-order valence-electron chi connectivity index (χ4n) is 3.44. The Balaban J connectivity index is 0.00000364. The number of nitrogens with zero attached hydrogens (tertiary/aromatic N) is 2. The van der Waals surface area contributed by atoms with Crippen LogP contribution in [0.1, 0.15) is 36.0 Å². The van der Waals surface area contributed by atoms with E-state index in [0.29, 0.717) is 12.3 Å². The lowest BCUT2D eigenvalue weighted by Gasteiger charge is -2.22. The number of phenols is 1. The second kappa shape index (κ2) is 13.2. The van der Waals surface area contributed by atoms with E-state index >= 15 is 0 Å². The molecule has 0 aromatic heterocycles. The molecule has 2 rings (SSSR count). The summed E-state index contributed by atoms with van der Waals surface area (Å²) in [5.41, 5.74) is 3.71. The number of aromatic hydroxyl groups is 1. The average Bonchev–Trinajstić information content (AvgIpc) is 2.66. The lowest BCUT2D eigenvalue weighted by molar-refractivity contribution is 0.180. The Bertz CT molecular complexity index is 596. The number of ether oxygens (including phenoxy) is 1. The summed E-state index contributed by atoms with van der Waals surface area (Å²) in [5.74, 6) is 1.15. The summed E-state index contributed by atoms with van der Waals surface area (Å²) in [6, 6.07) is 3.89. The first-order chi connectivity index (χ1) is 12.7. The summed E-state index contributed by atoms with van der Waals surface area (Å²) >= 11 is 0. The number of methoxy groups -OCH3 is 1. The number of hydrogen-bond acceptors (Lipinski definition) is 4. The molecule has 6 nitrogen and oxygen atoms in total. The van der Waals surface area contributed by atoms with E-state index in [4.69, 9.17) is 4.74 Å². The Hall–Kier alpha value is -1.06. The number of fused-ring (bicyclic) bond motifs is 1. The number of likely N-dealkylation sites (N-methyl/N-ethyl adjacent to an activating group) is 1. The molecule has 154 valence electrons. The molecule has 1 aliphatic rings. The van der Waals surface area contributed by atoms with Gasteiger partial charge in [-0.1, -0.05) is 6.07 Å². The zero-order chi connectivity index (χ0) is 18.8. The standard InChI is InChI=1S/C20H34N4O2.HI/c1-21-20(22-11-13-24(2)12-6-14-26-3)23-15-18-17-8-5-4-7-16(17)9-10-19(18)25;/h9-10,25H,4-8,11-15H2,1-3H3,(H2,21,22,23);1H. The van der Waals surface area contributed by atoms with Gasteiger partial charge in [-0.2, -0.15) is 0 Å². The zero-order valence-electron chi connectivity index (χ0n) is 16.9. The van der Waals surface area contributed by atoms with Gasteiger partial charge in [-0.05, 0) is 56.3 Å². The third-order valence-electron chi connectivity index (χ3n) is 4.96. The smallest absolute Gasteiger partial charge is 0.191 e. The predicted octanol–water partition coefficient (Wildman–Crippen LogP) is 2.52. The molecular weight excluding hydrogens is 455 g/mol. The highest BCUT2D eigenvalue weighted by Gasteiger charge is 2.16. The van der Waals surface area contributed by atoms with Crippen LogP contribution in [0.2, 0.25) is 0 Å². The molecule has 0 amide bonds. The van der Waals surface area contributed by atoms with E-state index in [1.165, 1.54) is 24.0 Å². The van der Waals surface area contributed by atoms with Crippen LogP contribution in [-0.2, 0) is 24.1 Å². The molecule has 27 heavy (non-hydrogen) atoms. The molecule has 1 aliphatic carbocycles. The average molecular weight is 490 g/mol. The molecule has 0 radical (unpaired) electrons. The molecule has 7 heteroatoms. The van der Waals surface area contributed by atoms with Crippen molar-refractivity contribution in [1.29, 1.82) is 0 Å². The van der Waals surface area contributed by atoms with E-state index in [2.05, 4.69) is 33.6 Å². The molecule has 0 spiro atoms. The van der Waals surface area contributed by atoms with Crippen molar-refractivity contribution in [3.63, 3.8) is 0 Å². The minimum atomic E-state index is 0. The highest BCUT2D eigenvalue weighted by molar-refractivity contribution is 14.0. The summed E-state index contributed by atoms with van der Waals surface area (Å²) in [5, 5.41) is 17.0. The second-order valence-corrected chi connectivity index (χ2v) is 6.91. The number of benzene rings is 1. The first-order valence-electron chi connectivity index (χ1n) is 9.60. The maximum absolute atomic E-state index is 10.3. The monoisotopic (exact) mass is 490 g/mol. The van der Waals surface area contributed by atoms with Gasteiger partial charge in [-0.3, -0.25) is 4.99 Å². The molecule has 1 aromatic rings. The maximum atomic E-state index is 10.3. The van der Waals surface area contributed by atoms with E-state index in [9.17, 15) is 5.11 Å². The number of phenolic OH excluding ortho intramolecular Hbond substituents is 1. The minimum absolute atomic E-state index is 0. The third kappa shape index (κ3) is 7.83. The van der Waals surface area contributed by atoms with Crippen molar-refractivity contribution < 1.29 is 9.84 Å². The van der Waals surface area contributed by atoms with Crippen molar-refractivity contribution in [2.24, 2.45) is 4.99 Å².